The van der Waals surface area contributed by atoms with Crippen LogP contribution >= 0.6 is 0 Å². The largest absolute Gasteiger partial charge is 0.416 e. The molecule has 5 nitrogen and oxygen atoms in total. The van der Waals surface area contributed by atoms with Crippen molar-refractivity contribution in [1.29, 1.82) is 0 Å². The van der Waals surface area contributed by atoms with Crippen LogP contribution in [0.5, 0.6) is 0 Å². The molecule has 0 radical (unpaired) electrons. The monoisotopic (exact) mass is 405 g/mol. The maximum atomic E-state index is 13.0. The lowest BCUT2D eigenvalue weighted by atomic mass is 10.0. The minimum absolute atomic E-state index is 0.0210. The van der Waals surface area contributed by atoms with Gasteiger partial charge in [0, 0.05) is 24.8 Å². The van der Waals surface area contributed by atoms with Crippen LogP contribution in [0.3, 0.4) is 0 Å². The molecule has 1 aromatic heterocycles. The van der Waals surface area contributed by atoms with Gasteiger partial charge in [0.2, 0.25) is 0 Å². The van der Waals surface area contributed by atoms with E-state index in [9.17, 15) is 35.9 Å². The third kappa shape index (κ3) is 4.02. The maximum Gasteiger partial charge on any atom is 0.416 e. The number of nitrogens with zero attached hydrogens (tertiary/aromatic N) is 2. The number of aromatic nitrogens is 2. The Hall–Kier alpha value is -2.85. The molecule has 1 N–H and O–H groups in total. The first-order valence-electron chi connectivity index (χ1n) is 8.15. The number of rotatable bonds is 2. The molecule has 0 atom stereocenters. The molecule has 2 heterocycles. The number of hydrogen-bond acceptors (Lipinski definition) is 3. The average molecular weight is 405 g/mol. The molecule has 0 saturated carbocycles. The normalized spacial score (nSPS) is 15.1. The molecule has 28 heavy (non-hydrogen) atoms. The Morgan fingerprint density at radius 2 is 1.50 bits per heavy atom. The molecule has 11 heteroatoms. The van der Waals surface area contributed by atoms with Gasteiger partial charge in [-0.05, 0) is 31.0 Å². The molecule has 0 bridgehead atoms. The number of H-pyrrole nitrogens is 1. The van der Waals surface area contributed by atoms with E-state index in [4.69, 9.17) is 0 Å². The van der Waals surface area contributed by atoms with Crippen molar-refractivity contribution < 1.29 is 31.1 Å². The minimum Gasteiger partial charge on any atom is -0.338 e. The van der Waals surface area contributed by atoms with Crippen LogP contribution in [0.2, 0.25) is 0 Å². The second-order valence-electron chi connectivity index (χ2n) is 6.27. The van der Waals surface area contributed by atoms with E-state index in [0.29, 0.717) is 25.2 Å². The van der Waals surface area contributed by atoms with Gasteiger partial charge >= 0.3 is 12.4 Å². The summed E-state index contributed by atoms with van der Waals surface area (Å²) in [5, 5.41) is 0. The molecule has 1 aliphatic rings. The van der Waals surface area contributed by atoms with Crippen molar-refractivity contribution >= 4 is 5.91 Å². The molecule has 0 unspecified atom stereocenters. The summed E-state index contributed by atoms with van der Waals surface area (Å²) in [5.41, 5.74) is -4.89. The lowest BCUT2D eigenvalue weighted by Crippen LogP contribution is -2.32. The second kappa shape index (κ2) is 6.95. The Morgan fingerprint density at radius 1 is 0.964 bits per heavy atom. The number of aromatic amines is 1. The summed E-state index contributed by atoms with van der Waals surface area (Å²) in [4.78, 5) is 31.7. The van der Waals surface area contributed by atoms with E-state index in [1.165, 1.54) is 4.90 Å². The fourth-order valence-electron chi connectivity index (χ4n) is 2.88. The molecular formula is C17H13F6N3O2. The van der Waals surface area contributed by atoms with Gasteiger partial charge in [0.15, 0.2) is 0 Å². The summed E-state index contributed by atoms with van der Waals surface area (Å²) in [7, 11) is 0. The van der Waals surface area contributed by atoms with Crippen molar-refractivity contribution in [2.75, 3.05) is 13.1 Å². The van der Waals surface area contributed by atoms with Gasteiger partial charge < -0.3 is 9.88 Å². The molecule has 1 amide bonds. The summed E-state index contributed by atoms with van der Waals surface area (Å²) in [6.45, 7) is 0.922. The Bertz CT molecular complexity index is 926. The van der Waals surface area contributed by atoms with Gasteiger partial charge in [-0.25, -0.2) is 4.98 Å². The molecular weight excluding hydrogens is 392 g/mol. The first-order valence-corrected chi connectivity index (χ1v) is 8.15. The van der Waals surface area contributed by atoms with Crippen LogP contribution in [0.25, 0.3) is 11.4 Å². The smallest absolute Gasteiger partial charge is 0.338 e. The van der Waals surface area contributed by atoms with Crippen molar-refractivity contribution in [3.8, 4) is 11.4 Å². The summed E-state index contributed by atoms with van der Waals surface area (Å²) in [5.74, 6) is -1.09. The summed E-state index contributed by atoms with van der Waals surface area (Å²) in [6, 6.07) is 0.887. The third-order valence-corrected chi connectivity index (χ3v) is 4.28. The fourth-order valence-corrected chi connectivity index (χ4v) is 2.88. The van der Waals surface area contributed by atoms with Crippen LogP contribution in [0.15, 0.2) is 29.2 Å². The zero-order valence-electron chi connectivity index (χ0n) is 14.1. The second-order valence-corrected chi connectivity index (χ2v) is 6.27. The minimum atomic E-state index is -5.03. The van der Waals surface area contributed by atoms with Crippen molar-refractivity contribution in [2.24, 2.45) is 0 Å². The van der Waals surface area contributed by atoms with E-state index >= 15 is 0 Å². The highest BCUT2D eigenvalue weighted by Crippen LogP contribution is 2.37. The van der Waals surface area contributed by atoms with Gasteiger partial charge in [-0.3, -0.25) is 9.59 Å². The highest BCUT2D eigenvalue weighted by atomic mass is 19.4. The Balaban J connectivity index is 2.04. The van der Waals surface area contributed by atoms with Crippen LogP contribution in [-0.4, -0.2) is 33.9 Å². The Kier molecular flexibility index (Phi) is 4.94. The number of likely N-dealkylation sites (tertiary alicyclic amines) is 1. The molecule has 1 aliphatic heterocycles. The van der Waals surface area contributed by atoms with Crippen LogP contribution < -0.4 is 5.56 Å². The van der Waals surface area contributed by atoms with E-state index in [2.05, 4.69) is 9.97 Å². The van der Waals surface area contributed by atoms with Crippen molar-refractivity contribution in [3.63, 3.8) is 0 Å². The molecule has 1 aromatic carbocycles. The van der Waals surface area contributed by atoms with Crippen molar-refractivity contribution in [3.05, 3.63) is 51.4 Å². The standard InChI is InChI=1S/C17H13F6N3O2/c18-16(19,20)10-5-9(6-11(7-10)17(21,22)23)13-24-8-12(14(27)25-13)15(28)26-3-1-2-4-26/h5-8H,1-4H2,(H,24,25,27). The fraction of sp³-hybridized carbons (Fsp3) is 0.353. The number of carbonyl (C=O) groups is 1. The topological polar surface area (TPSA) is 66.1 Å². The van der Waals surface area contributed by atoms with Gasteiger partial charge in [-0.1, -0.05) is 0 Å². The number of halogens is 6. The van der Waals surface area contributed by atoms with E-state index in [1.807, 2.05) is 0 Å². The zero-order valence-corrected chi connectivity index (χ0v) is 14.1. The van der Waals surface area contributed by atoms with Gasteiger partial charge in [0.1, 0.15) is 11.4 Å². The van der Waals surface area contributed by atoms with Crippen LogP contribution in [0.4, 0.5) is 26.3 Å². The Labute approximate surface area is 154 Å². The van der Waals surface area contributed by atoms with Crippen molar-refractivity contribution in [2.45, 2.75) is 25.2 Å². The molecule has 0 spiro atoms. The molecule has 0 aliphatic carbocycles. The first-order chi connectivity index (χ1) is 13.0. The van der Waals surface area contributed by atoms with Gasteiger partial charge in [0.25, 0.3) is 11.5 Å². The zero-order chi connectivity index (χ0) is 20.7. The summed E-state index contributed by atoms with van der Waals surface area (Å²) < 4.78 is 77.8. The highest BCUT2D eigenvalue weighted by Gasteiger charge is 2.37. The molecule has 1 saturated heterocycles. The van der Waals surface area contributed by atoms with E-state index in [0.717, 1.165) is 19.0 Å². The molecule has 1 fully saturated rings. The first kappa shape index (κ1) is 19.9. The maximum absolute atomic E-state index is 13.0. The van der Waals surface area contributed by atoms with Crippen LogP contribution in [0.1, 0.15) is 34.3 Å². The molecule has 2 aromatic rings. The van der Waals surface area contributed by atoms with Gasteiger partial charge in [-0.15, -0.1) is 0 Å². The molecule has 150 valence electrons. The van der Waals surface area contributed by atoms with Crippen molar-refractivity contribution in [1.82, 2.24) is 14.9 Å². The lowest BCUT2D eigenvalue weighted by molar-refractivity contribution is -0.143. The summed E-state index contributed by atoms with van der Waals surface area (Å²) >= 11 is 0. The third-order valence-electron chi connectivity index (χ3n) is 4.28. The summed E-state index contributed by atoms with van der Waals surface area (Å²) in [6.07, 6.45) is -7.63. The predicted octanol–water partition coefficient (Wildman–Crippen LogP) is 3.71. The number of amides is 1. The SMILES string of the molecule is O=C(c1cnc(-c2cc(C(F)(F)F)cc(C(F)(F)F)c2)[nH]c1=O)N1CCCC1. The molecule has 3 rings (SSSR count). The van der Waals surface area contributed by atoms with Gasteiger partial charge in [0.05, 0.1) is 11.1 Å². The number of hydrogen-bond donors (Lipinski definition) is 1. The Morgan fingerprint density at radius 3 is 1.96 bits per heavy atom. The number of benzene rings is 1. The predicted molar refractivity (Wildman–Crippen MR) is 85.4 cm³/mol. The quantitative estimate of drug-likeness (QED) is 0.775. The van der Waals surface area contributed by atoms with E-state index < -0.39 is 46.3 Å². The number of nitrogens with one attached hydrogen (secondary N) is 1. The van der Waals surface area contributed by atoms with Gasteiger partial charge in [-0.2, -0.15) is 26.3 Å². The average Bonchev–Trinajstić information content (AvgIpc) is 3.14. The van der Waals surface area contributed by atoms with E-state index in [-0.39, 0.29) is 11.6 Å². The van der Waals surface area contributed by atoms with Crippen LogP contribution in [-0.2, 0) is 12.4 Å². The highest BCUT2D eigenvalue weighted by molar-refractivity contribution is 5.93. The number of carbonyl (C=O) groups excluding carboxylic acids is 1. The van der Waals surface area contributed by atoms with E-state index in [1.54, 1.807) is 0 Å². The van der Waals surface area contributed by atoms with Crippen LogP contribution in [0, 0.1) is 0 Å². The lowest BCUT2D eigenvalue weighted by Gasteiger charge is -2.15. The number of alkyl halides is 6.